The Kier molecular flexibility index (Phi) is 4.32. The van der Waals surface area contributed by atoms with Gasteiger partial charge in [-0.1, -0.05) is 12.1 Å². The lowest BCUT2D eigenvalue weighted by atomic mass is 10.1. The number of hydrogen-bond donors (Lipinski definition) is 0. The highest BCUT2D eigenvalue weighted by Gasteiger charge is 2.30. The maximum Gasteiger partial charge on any atom is 0.142 e. The van der Waals surface area contributed by atoms with Crippen molar-refractivity contribution in [2.75, 3.05) is 19.2 Å². The van der Waals surface area contributed by atoms with E-state index in [9.17, 15) is 4.79 Å². The smallest absolute Gasteiger partial charge is 0.142 e. The number of benzene rings is 2. The number of hydrazine groups is 1. The normalized spacial score (nSPS) is 17.3. The van der Waals surface area contributed by atoms with Gasteiger partial charge in [0.1, 0.15) is 18.1 Å². The Hall–Kier alpha value is -3.10. The standard InChI is InChI=1S/C19H17N3O2/c1-21-17(13-23)11-19(15-5-3-14(12-20)4-6-15)22(21)16-7-9-18(24-2)10-8-16/h3-11,13,17H,1-2H3. The number of aldehydes is 1. The molecule has 1 heterocycles. The number of methoxy groups -OCH3 is 1. The first-order valence-corrected chi connectivity index (χ1v) is 7.52. The monoisotopic (exact) mass is 319 g/mol. The summed E-state index contributed by atoms with van der Waals surface area (Å²) in [6.07, 6.45) is 2.83. The Labute approximate surface area is 141 Å². The van der Waals surface area contributed by atoms with Gasteiger partial charge in [0, 0.05) is 7.05 Å². The highest BCUT2D eigenvalue weighted by molar-refractivity contribution is 5.85. The van der Waals surface area contributed by atoms with Gasteiger partial charge in [-0.05, 0) is 48.0 Å². The molecular weight excluding hydrogens is 302 g/mol. The largest absolute Gasteiger partial charge is 0.497 e. The summed E-state index contributed by atoms with van der Waals surface area (Å²) in [5.41, 5.74) is 3.39. The third-order valence-electron chi connectivity index (χ3n) is 4.07. The van der Waals surface area contributed by atoms with E-state index in [2.05, 4.69) is 6.07 Å². The minimum Gasteiger partial charge on any atom is -0.497 e. The van der Waals surface area contributed by atoms with Crippen LogP contribution in [0.4, 0.5) is 5.69 Å². The number of carbonyl (C=O) groups excluding carboxylic acids is 1. The molecule has 1 unspecified atom stereocenters. The third kappa shape index (κ3) is 2.75. The molecule has 2 aromatic carbocycles. The van der Waals surface area contributed by atoms with E-state index in [4.69, 9.17) is 10.00 Å². The van der Waals surface area contributed by atoms with E-state index in [-0.39, 0.29) is 6.04 Å². The van der Waals surface area contributed by atoms with Crippen LogP contribution in [0, 0.1) is 11.3 Å². The van der Waals surface area contributed by atoms with Gasteiger partial charge in [-0.15, -0.1) is 0 Å². The molecule has 0 saturated heterocycles. The van der Waals surface area contributed by atoms with E-state index in [1.165, 1.54) is 0 Å². The highest BCUT2D eigenvalue weighted by Crippen LogP contribution is 2.34. The second-order valence-electron chi connectivity index (χ2n) is 5.45. The van der Waals surface area contributed by atoms with Crippen LogP contribution >= 0.6 is 0 Å². The molecule has 5 heteroatoms. The molecule has 0 N–H and O–H groups in total. The van der Waals surface area contributed by atoms with Crippen LogP contribution in [0.3, 0.4) is 0 Å². The summed E-state index contributed by atoms with van der Waals surface area (Å²) in [7, 11) is 3.50. The van der Waals surface area contributed by atoms with Crippen molar-refractivity contribution < 1.29 is 9.53 Å². The van der Waals surface area contributed by atoms with Crippen LogP contribution in [-0.4, -0.2) is 31.5 Å². The Morgan fingerprint density at radius 3 is 2.33 bits per heavy atom. The molecule has 0 bridgehead atoms. The first kappa shape index (κ1) is 15.8. The number of likely N-dealkylation sites (N-methyl/N-ethyl adjacent to an activating group) is 1. The molecule has 1 aliphatic rings. The predicted molar refractivity (Wildman–Crippen MR) is 92.2 cm³/mol. The van der Waals surface area contributed by atoms with Crippen molar-refractivity contribution in [3.8, 4) is 11.8 Å². The molecule has 2 aromatic rings. The van der Waals surface area contributed by atoms with Crippen molar-refractivity contribution in [3.63, 3.8) is 0 Å². The number of nitrogens with zero attached hydrogens (tertiary/aromatic N) is 3. The zero-order valence-electron chi connectivity index (χ0n) is 13.5. The maximum atomic E-state index is 11.4. The summed E-state index contributed by atoms with van der Waals surface area (Å²) in [4.78, 5) is 11.4. The van der Waals surface area contributed by atoms with Crippen LogP contribution in [0.1, 0.15) is 11.1 Å². The van der Waals surface area contributed by atoms with Crippen molar-refractivity contribution in [1.82, 2.24) is 5.01 Å². The summed E-state index contributed by atoms with van der Waals surface area (Å²) < 4.78 is 5.20. The average molecular weight is 319 g/mol. The number of carbonyl (C=O) groups is 1. The summed E-state index contributed by atoms with van der Waals surface area (Å²) in [5.74, 6) is 0.774. The van der Waals surface area contributed by atoms with E-state index < -0.39 is 0 Å². The van der Waals surface area contributed by atoms with Crippen LogP contribution in [0.2, 0.25) is 0 Å². The van der Waals surface area contributed by atoms with Crippen molar-refractivity contribution in [2.45, 2.75) is 6.04 Å². The molecule has 24 heavy (non-hydrogen) atoms. The zero-order chi connectivity index (χ0) is 17.1. The lowest BCUT2D eigenvalue weighted by Gasteiger charge is -2.31. The molecule has 1 atom stereocenters. The Bertz CT molecular complexity index is 804. The summed E-state index contributed by atoms with van der Waals surface area (Å²) >= 11 is 0. The topological polar surface area (TPSA) is 56.6 Å². The second kappa shape index (κ2) is 6.57. The van der Waals surface area contributed by atoms with Gasteiger partial charge < -0.3 is 9.53 Å². The van der Waals surface area contributed by atoms with Crippen molar-refractivity contribution in [1.29, 1.82) is 5.26 Å². The minimum atomic E-state index is -0.335. The Morgan fingerprint density at radius 2 is 1.79 bits per heavy atom. The van der Waals surface area contributed by atoms with Gasteiger partial charge in [0.15, 0.2) is 0 Å². The summed E-state index contributed by atoms with van der Waals surface area (Å²) in [6.45, 7) is 0. The molecule has 3 rings (SSSR count). The van der Waals surface area contributed by atoms with Crippen molar-refractivity contribution in [3.05, 3.63) is 65.7 Å². The summed E-state index contributed by atoms with van der Waals surface area (Å²) in [5, 5.41) is 12.8. The predicted octanol–water partition coefficient (Wildman–Crippen LogP) is 2.84. The minimum absolute atomic E-state index is 0.335. The number of ether oxygens (including phenoxy) is 1. The van der Waals surface area contributed by atoms with Gasteiger partial charge in [0.2, 0.25) is 0 Å². The van der Waals surface area contributed by atoms with Crippen LogP contribution in [0.25, 0.3) is 5.70 Å². The molecule has 0 radical (unpaired) electrons. The molecule has 1 aliphatic heterocycles. The van der Waals surface area contributed by atoms with Crippen LogP contribution in [-0.2, 0) is 4.79 Å². The molecule has 0 fully saturated rings. The van der Waals surface area contributed by atoms with Gasteiger partial charge in [-0.3, -0.25) is 5.01 Å². The summed E-state index contributed by atoms with van der Waals surface area (Å²) in [6, 6.07) is 16.8. The number of hydrogen-bond acceptors (Lipinski definition) is 5. The van der Waals surface area contributed by atoms with Crippen LogP contribution in [0.15, 0.2) is 54.6 Å². The molecule has 0 aromatic heterocycles. The van der Waals surface area contributed by atoms with Crippen LogP contribution in [0.5, 0.6) is 5.75 Å². The first-order valence-electron chi connectivity index (χ1n) is 7.52. The molecule has 0 amide bonds. The van der Waals surface area contributed by atoms with E-state index in [0.29, 0.717) is 5.56 Å². The van der Waals surface area contributed by atoms with Crippen molar-refractivity contribution in [2.24, 2.45) is 0 Å². The number of anilines is 1. The average Bonchev–Trinajstić information content (AvgIpc) is 2.98. The van der Waals surface area contributed by atoms with Crippen LogP contribution < -0.4 is 9.75 Å². The molecule has 0 aliphatic carbocycles. The van der Waals surface area contributed by atoms with E-state index in [1.54, 1.807) is 19.2 Å². The first-order chi connectivity index (χ1) is 11.7. The highest BCUT2D eigenvalue weighted by atomic mass is 16.5. The Morgan fingerprint density at radius 1 is 1.12 bits per heavy atom. The zero-order valence-corrected chi connectivity index (χ0v) is 13.5. The quantitative estimate of drug-likeness (QED) is 0.811. The molecular formula is C19H17N3O2. The lowest BCUT2D eigenvalue weighted by molar-refractivity contribution is -0.110. The number of nitriles is 1. The SMILES string of the molecule is COc1ccc(N2C(c3ccc(C#N)cc3)=CC(C=O)N2C)cc1. The van der Waals surface area contributed by atoms with E-state index in [1.807, 2.05) is 59.5 Å². The fourth-order valence-corrected chi connectivity index (χ4v) is 2.75. The lowest BCUT2D eigenvalue weighted by Crippen LogP contribution is -2.39. The second-order valence-corrected chi connectivity index (χ2v) is 5.45. The third-order valence-corrected chi connectivity index (χ3v) is 4.07. The van der Waals surface area contributed by atoms with E-state index >= 15 is 0 Å². The fourth-order valence-electron chi connectivity index (χ4n) is 2.75. The van der Waals surface area contributed by atoms with Gasteiger partial charge >= 0.3 is 0 Å². The number of rotatable bonds is 4. The van der Waals surface area contributed by atoms with Gasteiger partial charge in [0.25, 0.3) is 0 Å². The van der Waals surface area contributed by atoms with Crippen molar-refractivity contribution >= 4 is 17.7 Å². The van der Waals surface area contributed by atoms with Gasteiger partial charge in [0.05, 0.1) is 30.1 Å². The fraction of sp³-hybridized carbons (Fsp3) is 0.158. The molecule has 0 spiro atoms. The Balaban J connectivity index is 2.02. The van der Waals surface area contributed by atoms with Gasteiger partial charge in [-0.2, -0.15) is 5.26 Å². The molecule has 120 valence electrons. The van der Waals surface area contributed by atoms with E-state index in [0.717, 1.165) is 29.0 Å². The maximum absolute atomic E-state index is 11.4. The molecule has 0 saturated carbocycles. The molecule has 5 nitrogen and oxygen atoms in total. The van der Waals surface area contributed by atoms with Gasteiger partial charge in [-0.25, -0.2) is 5.01 Å².